The van der Waals surface area contributed by atoms with Crippen LogP contribution in [0.25, 0.3) is 0 Å². The maximum atomic E-state index is 13.4. The van der Waals surface area contributed by atoms with E-state index in [9.17, 15) is 19.1 Å². The van der Waals surface area contributed by atoms with Gasteiger partial charge in [0.1, 0.15) is 23.4 Å². The Morgan fingerprint density at radius 1 is 0.944 bits per heavy atom. The van der Waals surface area contributed by atoms with E-state index in [0.29, 0.717) is 12.3 Å². The van der Waals surface area contributed by atoms with Crippen LogP contribution in [0, 0.1) is 5.82 Å². The van der Waals surface area contributed by atoms with Crippen LogP contribution in [0.5, 0.6) is 11.5 Å². The van der Waals surface area contributed by atoms with Crippen LogP contribution >= 0.6 is 0 Å². The van der Waals surface area contributed by atoms with Crippen molar-refractivity contribution in [2.24, 2.45) is 0 Å². The Morgan fingerprint density at radius 3 is 2.42 bits per heavy atom. The van der Waals surface area contributed by atoms with E-state index in [-0.39, 0.29) is 24.5 Å². The maximum absolute atomic E-state index is 13.4. The minimum Gasteiger partial charge on any atom is -0.457 e. The zero-order chi connectivity index (χ0) is 25.3. The zero-order valence-corrected chi connectivity index (χ0v) is 19.5. The molecule has 1 heterocycles. The molecular formula is C28H27FN2O5. The van der Waals surface area contributed by atoms with Gasteiger partial charge in [-0.25, -0.2) is 4.39 Å². The number of aliphatic hydroxyl groups is 1. The highest BCUT2D eigenvalue weighted by Crippen LogP contribution is 2.21. The molecule has 0 spiro atoms. The Bertz CT molecular complexity index is 1200. The number of para-hydroxylation sites is 1. The molecule has 0 unspecified atom stereocenters. The Labute approximate surface area is 208 Å². The van der Waals surface area contributed by atoms with Crippen molar-refractivity contribution >= 4 is 11.8 Å². The number of hydrogen-bond donors (Lipinski definition) is 3. The van der Waals surface area contributed by atoms with E-state index in [1.807, 2.05) is 54.6 Å². The summed E-state index contributed by atoms with van der Waals surface area (Å²) in [5.41, 5.74) is 1.08. The van der Waals surface area contributed by atoms with Crippen LogP contribution in [0.15, 0.2) is 91.0 Å². The lowest BCUT2D eigenvalue weighted by atomic mass is 10.0. The number of amides is 2. The third kappa shape index (κ3) is 7.00. The molecule has 186 valence electrons. The smallest absolute Gasteiger partial charge is 0.251 e. The van der Waals surface area contributed by atoms with E-state index < -0.39 is 30.0 Å². The lowest BCUT2D eigenvalue weighted by Crippen LogP contribution is -2.49. The third-order valence-electron chi connectivity index (χ3n) is 5.63. The van der Waals surface area contributed by atoms with Crippen molar-refractivity contribution in [3.63, 3.8) is 0 Å². The molecule has 1 aliphatic heterocycles. The van der Waals surface area contributed by atoms with Crippen molar-refractivity contribution in [3.05, 3.63) is 108 Å². The lowest BCUT2D eigenvalue weighted by molar-refractivity contribution is -0.125. The number of rotatable bonds is 9. The summed E-state index contributed by atoms with van der Waals surface area (Å²) in [6.07, 6.45) is 2.14. The second-order valence-corrected chi connectivity index (χ2v) is 8.33. The van der Waals surface area contributed by atoms with Gasteiger partial charge in [-0.1, -0.05) is 48.6 Å². The van der Waals surface area contributed by atoms with Gasteiger partial charge in [-0.2, -0.15) is 0 Å². The summed E-state index contributed by atoms with van der Waals surface area (Å²) in [6.45, 7) is -0.00934. The maximum Gasteiger partial charge on any atom is 0.251 e. The lowest BCUT2D eigenvalue weighted by Gasteiger charge is -2.31. The molecule has 36 heavy (non-hydrogen) atoms. The van der Waals surface area contributed by atoms with Gasteiger partial charge in [-0.15, -0.1) is 0 Å². The summed E-state index contributed by atoms with van der Waals surface area (Å²) < 4.78 is 25.0. The normalized spacial score (nSPS) is 18.9. The van der Waals surface area contributed by atoms with Gasteiger partial charge in [0.15, 0.2) is 0 Å². The molecular weight excluding hydrogens is 463 g/mol. The Morgan fingerprint density at radius 2 is 1.69 bits per heavy atom. The van der Waals surface area contributed by atoms with E-state index in [4.69, 9.17) is 9.47 Å². The SMILES string of the molecule is O=C(C[C@@H]1C=C[C@@H](NC(=O)c2cccc(F)c2)[C@H](CO)O1)NCc1ccc(Oc2ccccc2)cc1. The molecule has 8 heteroatoms. The van der Waals surface area contributed by atoms with Crippen molar-refractivity contribution in [1.82, 2.24) is 10.6 Å². The standard InChI is InChI=1S/C28H27FN2O5/c29-21-6-4-5-20(15-21)28(34)31-25-14-13-24(36-26(25)18-32)16-27(33)30-17-19-9-11-23(12-10-19)35-22-7-2-1-3-8-22/h1-15,24-26,32H,16-18H2,(H,30,33)(H,31,34)/t24-,25+,26-/m0/s1. The number of carbonyl (C=O) groups excluding carboxylic acids is 2. The molecule has 1 aliphatic rings. The van der Waals surface area contributed by atoms with Crippen molar-refractivity contribution in [3.8, 4) is 11.5 Å². The summed E-state index contributed by atoms with van der Waals surface area (Å²) in [7, 11) is 0. The molecule has 3 N–H and O–H groups in total. The van der Waals surface area contributed by atoms with Gasteiger partial charge in [0.05, 0.1) is 25.2 Å². The van der Waals surface area contributed by atoms with E-state index in [0.717, 1.165) is 17.4 Å². The van der Waals surface area contributed by atoms with Gasteiger partial charge in [0, 0.05) is 12.1 Å². The van der Waals surface area contributed by atoms with E-state index in [1.165, 1.54) is 18.2 Å². The molecule has 4 rings (SSSR count). The molecule has 0 bridgehead atoms. The molecule has 3 aromatic carbocycles. The number of ether oxygens (including phenoxy) is 2. The predicted molar refractivity (Wildman–Crippen MR) is 132 cm³/mol. The van der Waals surface area contributed by atoms with Gasteiger partial charge in [0.25, 0.3) is 5.91 Å². The van der Waals surface area contributed by atoms with Gasteiger partial charge in [-0.05, 0) is 48.0 Å². The first-order chi connectivity index (χ1) is 17.5. The summed E-state index contributed by atoms with van der Waals surface area (Å²) >= 11 is 0. The molecule has 3 atom stereocenters. The summed E-state index contributed by atoms with van der Waals surface area (Å²) in [5, 5.41) is 15.3. The van der Waals surface area contributed by atoms with Gasteiger partial charge in [0.2, 0.25) is 5.91 Å². The average molecular weight is 491 g/mol. The largest absolute Gasteiger partial charge is 0.457 e. The van der Waals surface area contributed by atoms with E-state index in [2.05, 4.69) is 10.6 Å². The predicted octanol–water partition coefficient (Wildman–Crippen LogP) is 3.74. The Balaban J connectivity index is 1.25. The highest BCUT2D eigenvalue weighted by molar-refractivity contribution is 5.94. The summed E-state index contributed by atoms with van der Waals surface area (Å²) in [4.78, 5) is 24.8. The highest BCUT2D eigenvalue weighted by atomic mass is 19.1. The first-order valence-corrected chi connectivity index (χ1v) is 11.6. The molecule has 2 amide bonds. The first kappa shape index (κ1) is 25.1. The van der Waals surface area contributed by atoms with Crippen LogP contribution in [0.1, 0.15) is 22.3 Å². The average Bonchev–Trinajstić information content (AvgIpc) is 2.89. The number of halogens is 1. The van der Waals surface area contributed by atoms with Crippen LogP contribution < -0.4 is 15.4 Å². The molecule has 0 radical (unpaired) electrons. The third-order valence-corrected chi connectivity index (χ3v) is 5.63. The number of nitrogens with one attached hydrogen (secondary N) is 2. The molecule has 3 aromatic rings. The van der Waals surface area contributed by atoms with E-state index >= 15 is 0 Å². The van der Waals surface area contributed by atoms with Crippen molar-refractivity contribution < 1.29 is 28.6 Å². The fourth-order valence-corrected chi connectivity index (χ4v) is 3.76. The number of carbonyl (C=O) groups is 2. The van der Waals surface area contributed by atoms with Crippen LogP contribution in [0.2, 0.25) is 0 Å². The number of aliphatic hydroxyl groups excluding tert-OH is 1. The van der Waals surface area contributed by atoms with Crippen LogP contribution in [-0.2, 0) is 16.1 Å². The highest BCUT2D eigenvalue weighted by Gasteiger charge is 2.29. The minimum absolute atomic E-state index is 0.0623. The van der Waals surface area contributed by atoms with Crippen LogP contribution in [0.4, 0.5) is 4.39 Å². The fourth-order valence-electron chi connectivity index (χ4n) is 3.76. The monoisotopic (exact) mass is 490 g/mol. The van der Waals surface area contributed by atoms with Gasteiger partial charge in [-0.3, -0.25) is 9.59 Å². The topological polar surface area (TPSA) is 96.9 Å². The Hall–Kier alpha value is -4.01. The van der Waals surface area contributed by atoms with Crippen molar-refractivity contribution in [2.75, 3.05) is 6.61 Å². The molecule has 0 fully saturated rings. The van der Waals surface area contributed by atoms with Crippen LogP contribution in [0.3, 0.4) is 0 Å². The molecule has 0 aromatic heterocycles. The van der Waals surface area contributed by atoms with Crippen molar-refractivity contribution in [2.45, 2.75) is 31.2 Å². The molecule has 0 saturated carbocycles. The second kappa shape index (κ2) is 12.1. The number of benzene rings is 3. The zero-order valence-electron chi connectivity index (χ0n) is 19.5. The molecule has 0 aliphatic carbocycles. The molecule has 0 saturated heterocycles. The summed E-state index contributed by atoms with van der Waals surface area (Å²) in [5.74, 6) is 0.234. The second-order valence-electron chi connectivity index (χ2n) is 8.33. The number of hydrogen-bond acceptors (Lipinski definition) is 5. The van der Waals surface area contributed by atoms with Gasteiger partial charge < -0.3 is 25.2 Å². The fraction of sp³-hybridized carbons (Fsp3) is 0.214. The minimum atomic E-state index is -0.734. The quantitative estimate of drug-likeness (QED) is 0.397. The van der Waals surface area contributed by atoms with Crippen molar-refractivity contribution in [1.29, 1.82) is 0 Å². The molecule has 7 nitrogen and oxygen atoms in total. The summed E-state index contributed by atoms with van der Waals surface area (Å²) in [6, 6.07) is 21.6. The Kier molecular flexibility index (Phi) is 8.44. The first-order valence-electron chi connectivity index (χ1n) is 11.6. The van der Waals surface area contributed by atoms with Crippen LogP contribution in [-0.4, -0.2) is 41.8 Å². The van der Waals surface area contributed by atoms with E-state index in [1.54, 1.807) is 12.2 Å². The van der Waals surface area contributed by atoms with Gasteiger partial charge >= 0.3 is 0 Å².